The van der Waals surface area contributed by atoms with Gasteiger partial charge in [0.05, 0.1) is 18.8 Å². The fraction of sp³-hybridized carbons (Fsp3) is 0.438. The van der Waals surface area contributed by atoms with E-state index in [9.17, 15) is 4.79 Å². The Balaban J connectivity index is 1.76. The third kappa shape index (κ3) is 5.52. The summed E-state index contributed by atoms with van der Waals surface area (Å²) in [4.78, 5) is 13.3. The Kier molecular flexibility index (Phi) is 6.45. The van der Waals surface area contributed by atoms with Crippen LogP contribution in [-0.2, 0) is 11.3 Å². The Labute approximate surface area is 135 Å². The highest BCUT2D eigenvalue weighted by Crippen LogP contribution is 2.17. The Hall–Kier alpha value is -1.82. The first-order valence-electron chi connectivity index (χ1n) is 7.46. The third-order valence-corrected chi connectivity index (χ3v) is 4.36. The van der Waals surface area contributed by atoms with Crippen molar-refractivity contribution in [3.05, 3.63) is 42.7 Å². The third-order valence-electron chi connectivity index (χ3n) is 3.35. The maximum absolute atomic E-state index is 12.1. The summed E-state index contributed by atoms with van der Waals surface area (Å²) in [6, 6.07) is 10.2. The zero-order valence-corrected chi connectivity index (χ0v) is 13.8. The molecule has 0 unspecified atom stereocenters. The fourth-order valence-corrected chi connectivity index (χ4v) is 2.88. The second-order valence-electron chi connectivity index (χ2n) is 5.45. The number of nitrogens with one attached hydrogen (secondary N) is 1. The van der Waals surface area contributed by atoms with E-state index in [1.54, 1.807) is 22.6 Å². The van der Waals surface area contributed by atoms with Crippen LogP contribution in [0.15, 0.2) is 47.6 Å². The minimum atomic E-state index is 0.0657. The second kappa shape index (κ2) is 8.58. The predicted octanol–water partition coefficient (Wildman–Crippen LogP) is 2.60. The molecule has 2 rings (SSSR count). The molecule has 1 amide bonds. The molecular weight excluding hydrogens is 296 g/mol. The lowest BCUT2D eigenvalue weighted by atomic mass is 10.0. The molecule has 1 aromatic carbocycles. The highest BCUT2D eigenvalue weighted by Gasteiger charge is 2.17. The molecule has 0 fully saturated rings. The quantitative estimate of drug-likeness (QED) is 0.760. The van der Waals surface area contributed by atoms with E-state index in [1.165, 1.54) is 4.90 Å². The number of nitrogens with zero attached hydrogens (tertiary/aromatic N) is 3. The molecule has 1 aromatic heterocycles. The summed E-state index contributed by atoms with van der Waals surface area (Å²) in [5.41, 5.74) is 0. The number of carbonyl (C=O) groups excluding carboxylic acids is 1. The van der Waals surface area contributed by atoms with Crippen molar-refractivity contribution < 1.29 is 4.79 Å². The van der Waals surface area contributed by atoms with Crippen molar-refractivity contribution >= 4 is 17.7 Å². The summed E-state index contributed by atoms with van der Waals surface area (Å²) in [6.45, 7) is 4.84. The second-order valence-corrected chi connectivity index (χ2v) is 6.62. The van der Waals surface area contributed by atoms with Crippen LogP contribution in [0.5, 0.6) is 0 Å². The van der Waals surface area contributed by atoms with Crippen LogP contribution in [0.2, 0.25) is 0 Å². The molecule has 0 spiro atoms. The summed E-state index contributed by atoms with van der Waals surface area (Å²) in [6.07, 6.45) is 3.97. The zero-order chi connectivity index (χ0) is 15.8. The number of rotatable bonds is 8. The average molecular weight is 318 g/mol. The minimum absolute atomic E-state index is 0.0657. The number of amides is 1. The van der Waals surface area contributed by atoms with E-state index < -0.39 is 0 Å². The standard InChI is InChI=1S/C16H22N4OS/c1-13(2)15(12-20-10-9-17-19-20)18-16(21)8-11-22-14-6-4-3-5-7-14/h3-7,9-10,13,15H,8,11-12H2,1-2H3,(H,18,21)/t15-/m1/s1. The summed E-state index contributed by atoms with van der Waals surface area (Å²) in [5, 5.41) is 10.9. The van der Waals surface area contributed by atoms with Gasteiger partial charge in [0.2, 0.25) is 5.91 Å². The van der Waals surface area contributed by atoms with Gasteiger partial charge in [0.25, 0.3) is 0 Å². The van der Waals surface area contributed by atoms with E-state index in [0.717, 1.165) is 5.75 Å². The van der Waals surface area contributed by atoms with Crippen molar-refractivity contribution in [2.24, 2.45) is 5.92 Å². The molecule has 1 N–H and O–H groups in total. The molecule has 0 aliphatic carbocycles. The number of hydrogen-bond acceptors (Lipinski definition) is 4. The van der Waals surface area contributed by atoms with Crippen LogP contribution in [0.3, 0.4) is 0 Å². The SMILES string of the molecule is CC(C)[C@@H](Cn1ccnn1)NC(=O)CCSc1ccccc1. The van der Waals surface area contributed by atoms with E-state index >= 15 is 0 Å². The van der Waals surface area contributed by atoms with Crippen LogP contribution >= 0.6 is 11.8 Å². The van der Waals surface area contributed by atoms with Crippen LogP contribution in [0.25, 0.3) is 0 Å². The van der Waals surface area contributed by atoms with Gasteiger partial charge in [0.1, 0.15) is 0 Å². The highest BCUT2D eigenvalue weighted by molar-refractivity contribution is 7.99. The molecule has 0 saturated carbocycles. The van der Waals surface area contributed by atoms with E-state index in [4.69, 9.17) is 0 Å². The van der Waals surface area contributed by atoms with Crippen LogP contribution in [0.1, 0.15) is 20.3 Å². The van der Waals surface area contributed by atoms with Crippen molar-refractivity contribution in [2.75, 3.05) is 5.75 Å². The lowest BCUT2D eigenvalue weighted by Gasteiger charge is -2.22. The number of thioether (sulfide) groups is 1. The lowest BCUT2D eigenvalue weighted by Crippen LogP contribution is -2.41. The van der Waals surface area contributed by atoms with Crippen LogP contribution in [0.4, 0.5) is 0 Å². The number of carbonyl (C=O) groups is 1. The van der Waals surface area contributed by atoms with Gasteiger partial charge in [-0.2, -0.15) is 0 Å². The van der Waals surface area contributed by atoms with Gasteiger partial charge in [-0.1, -0.05) is 37.3 Å². The topological polar surface area (TPSA) is 59.8 Å². The molecule has 2 aromatic rings. The molecule has 1 heterocycles. The largest absolute Gasteiger partial charge is 0.351 e. The van der Waals surface area contributed by atoms with Gasteiger partial charge in [-0.15, -0.1) is 16.9 Å². The van der Waals surface area contributed by atoms with Gasteiger partial charge in [0, 0.05) is 23.3 Å². The summed E-state index contributed by atoms with van der Waals surface area (Å²) < 4.78 is 1.75. The van der Waals surface area contributed by atoms with Gasteiger partial charge in [-0.05, 0) is 18.1 Å². The van der Waals surface area contributed by atoms with E-state index in [-0.39, 0.29) is 11.9 Å². The van der Waals surface area contributed by atoms with Crippen LogP contribution in [-0.4, -0.2) is 32.7 Å². The van der Waals surface area contributed by atoms with Crippen molar-refractivity contribution in [2.45, 2.75) is 37.8 Å². The van der Waals surface area contributed by atoms with Gasteiger partial charge >= 0.3 is 0 Å². The van der Waals surface area contributed by atoms with Crippen LogP contribution in [0, 0.1) is 5.92 Å². The first-order chi connectivity index (χ1) is 10.6. The Morgan fingerprint density at radius 1 is 1.32 bits per heavy atom. The van der Waals surface area contributed by atoms with Gasteiger partial charge in [-0.3, -0.25) is 9.48 Å². The van der Waals surface area contributed by atoms with Gasteiger partial charge in [0.15, 0.2) is 0 Å². The lowest BCUT2D eigenvalue weighted by molar-refractivity contribution is -0.121. The first kappa shape index (κ1) is 16.5. The monoisotopic (exact) mass is 318 g/mol. The summed E-state index contributed by atoms with van der Waals surface area (Å²) >= 11 is 1.70. The normalized spacial score (nSPS) is 12.3. The minimum Gasteiger partial charge on any atom is -0.351 e. The molecule has 22 heavy (non-hydrogen) atoms. The fourth-order valence-electron chi connectivity index (χ4n) is 2.01. The average Bonchev–Trinajstić information content (AvgIpc) is 3.00. The maximum atomic E-state index is 12.1. The molecule has 0 bridgehead atoms. The molecule has 5 nitrogen and oxygen atoms in total. The molecule has 1 atom stereocenters. The zero-order valence-electron chi connectivity index (χ0n) is 13.0. The molecule has 0 aliphatic heterocycles. The molecule has 0 aliphatic rings. The van der Waals surface area contributed by atoms with Crippen LogP contribution < -0.4 is 5.32 Å². The first-order valence-corrected chi connectivity index (χ1v) is 8.45. The predicted molar refractivity (Wildman–Crippen MR) is 88.6 cm³/mol. The Morgan fingerprint density at radius 3 is 2.73 bits per heavy atom. The molecular formula is C16H22N4OS. The summed E-state index contributed by atoms with van der Waals surface area (Å²) in [5.74, 6) is 1.21. The molecule has 0 radical (unpaired) electrons. The van der Waals surface area contributed by atoms with Gasteiger partial charge < -0.3 is 5.32 Å². The molecule has 118 valence electrons. The Morgan fingerprint density at radius 2 is 2.09 bits per heavy atom. The smallest absolute Gasteiger partial charge is 0.221 e. The highest BCUT2D eigenvalue weighted by atomic mass is 32.2. The van der Waals surface area contributed by atoms with Crippen molar-refractivity contribution in [3.63, 3.8) is 0 Å². The maximum Gasteiger partial charge on any atom is 0.221 e. The van der Waals surface area contributed by atoms with Gasteiger partial charge in [-0.25, -0.2) is 0 Å². The summed E-state index contributed by atoms with van der Waals surface area (Å²) in [7, 11) is 0. The van der Waals surface area contributed by atoms with E-state index in [1.807, 2.05) is 24.4 Å². The number of benzene rings is 1. The molecule has 0 saturated heterocycles. The van der Waals surface area contributed by atoms with E-state index in [0.29, 0.717) is 18.9 Å². The number of hydrogen-bond donors (Lipinski definition) is 1. The number of aromatic nitrogens is 3. The molecule has 6 heteroatoms. The van der Waals surface area contributed by atoms with Crippen molar-refractivity contribution in [1.29, 1.82) is 0 Å². The Bertz CT molecular complexity index is 557. The van der Waals surface area contributed by atoms with Crippen molar-refractivity contribution in [3.8, 4) is 0 Å². The van der Waals surface area contributed by atoms with Crippen molar-refractivity contribution in [1.82, 2.24) is 20.3 Å². The van der Waals surface area contributed by atoms with E-state index in [2.05, 4.69) is 41.6 Å².